The number of carbonyl (C=O) groups excluding carboxylic acids is 2. The first-order chi connectivity index (χ1) is 6.25. The number of allylic oxidation sites excluding steroid dienone is 4. The van der Waals surface area contributed by atoms with Gasteiger partial charge in [0.25, 0.3) is 0 Å². The van der Waals surface area contributed by atoms with Gasteiger partial charge in [0.15, 0.2) is 11.6 Å². The zero-order valence-corrected chi connectivity index (χ0v) is 8.79. The molecule has 0 amide bonds. The lowest BCUT2D eigenvalue weighted by Crippen LogP contribution is -1.99. The van der Waals surface area contributed by atoms with Crippen LogP contribution >= 0.6 is 0 Å². The molecule has 0 atom stereocenters. The van der Waals surface area contributed by atoms with E-state index in [4.69, 9.17) is 0 Å². The Morgan fingerprint density at radius 3 is 1.00 bits per heavy atom. The maximum atomic E-state index is 9.98. The molecule has 0 rings (SSSR count). The van der Waals surface area contributed by atoms with Gasteiger partial charge in [-0.2, -0.15) is 0 Å². The van der Waals surface area contributed by atoms with Crippen molar-refractivity contribution in [3.05, 3.63) is 23.7 Å². The summed E-state index contributed by atoms with van der Waals surface area (Å²) >= 11 is 0. The van der Waals surface area contributed by atoms with Crippen molar-refractivity contribution in [3.63, 3.8) is 0 Å². The Morgan fingerprint density at radius 1 is 0.786 bits per heavy atom. The summed E-state index contributed by atoms with van der Waals surface area (Å²) in [6, 6.07) is 0. The molecular weight excluding hydrogens is 184 g/mol. The highest BCUT2D eigenvalue weighted by Gasteiger charge is 1.76. The standard InChI is InChI=1S/2C5H8O2/c2*1-4(6)3-5(2)7/h2*3,6H,1-2H3/p-2/b2*4-3-. The van der Waals surface area contributed by atoms with Crippen LogP contribution in [0.2, 0.25) is 0 Å². The minimum absolute atomic E-state index is 0.187. The molecule has 4 heteroatoms. The van der Waals surface area contributed by atoms with Gasteiger partial charge in [-0.3, -0.25) is 9.59 Å². The molecule has 0 heterocycles. The van der Waals surface area contributed by atoms with E-state index >= 15 is 0 Å². The van der Waals surface area contributed by atoms with E-state index in [1.165, 1.54) is 27.7 Å². The summed E-state index contributed by atoms with van der Waals surface area (Å²) in [7, 11) is 0. The molecule has 4 nitrogen and oxygen atoms in total. The van der Waals surface area contributed by atoms with Crippen molar-refractivity contribution < 1.29 is 19.8 Å². The Balaban J connectivity index is 0. The molecule has 0 saturated heterocycles. The third-order valence-corrected chi connectivity index (χ3v) is 0.813. The summed E-state index contributed by atoms with van der Waals surface area (Å²) in [5.74, 6) is -0.750. The first-order valence-electron chi connectivity index (χ1n) is 3.97. The summed E-state index contributed by atoms with van der Waals surface area (Å²) in [6.07, 6.45) is 2.11. The van der Waals surface area contributed by atoms with E-state index in [1.807, 2.05) is 0 Å². The lowest BCUT2D eigenvalue weighted by atomic mass is 10.4. The largest absolute Gasteiger partial charge is 0.876 e. The zero-order chi connectivity index (χ0) is 11.7. The van der Waals surface area contributed by atoms with Crippen LogP contribution in [-0.4, -0.2) is 11.6 Å². The van der Waals surface area contributed by atoms with Crippen molar-refractivity contribution in [2.45, 2.75) is 27.7 Å². The average Bonchev–Trinajstić information content (AvgIpc) is 1.79. The molecule has 0 N–H and O–H groups in total. The SMILES string of the molecule is CC(=O)/C=C(/C)[O-].CC(=O)/C=C(/C)[O-]. The minimum atomic E-state index is -0.187. The van der Waals surface area contributed by atoms with Crippen molar-refractivity contribution in [1.29, 1.82) is 0 Å². The number of hydrogen-bond acceptors (Lipinski definition) is 4. The van der Waals surface area contributed by atoms with Crippen molar-refractivity contribution in [1.82, 2.24) is 0 Å². The molecule has 14 heavy (non-hydrogen) atoms. The van der Waals surface area contributed by atoms with Gasteiger partial charge in [0.05, 0.1) is 0 Å². The highest BCUT2D eigenvalue weighted by molar-refractivity contribution is 5.87. The van der Waals surface area contributed by atoms with Gasteiger partial charge >= 0.3 is 0 Å². The fourth-order valence-electron chi connectivity index (χ4n) is 0.572. The minimum Gasteiger partial charge on any atom is -0.876 e. The number of carbonyl (C=O) groups is 2. The van der Waals surface area contributed by atoms with E-state index in [1.54, 1.807) is 0 Å². The van der Waals surface area contributed by atoms with Crippen LogP contribution in [0.3, 0.4) is 0 Å². The van der Waals surface area contributed by atoms with E-state index in [2.05, 4.69) is 0 Å². The zero-order valence-electron chi connectivity index (χ0n) is 8.79. The van der Waals surface area contributed by atoms with Gasteiger partial charge in [-0.1, -0.05) is 13.8 Å². The molecule has 0 aliphatic rings. The van der Waals surface area contributed by atoms with E-state index in [0.717, 1.165) is 12.2 Å². The number of ketones is 2. The van der Waals surface area contributed by atoms with Crippen LogP contribution in [0.15, 0.2) is 23.7 Å². The van der Waals surface area contributed by atoms with Crippen molar-refractivity contribution >= 4 is 11.6 Å². The van der Waals surface area contributed by atoms with Crippen LogP contribution in [0.25, 0.3) is 0 Å². The summed E-state index contributed by atoms with van der Waals surface area (Å²) in [5.41, 5.74) is 0. The van der Waals surface area contributed by atoms with Crippen LogP contribution < -0.4 is 10.2 Å². The van der Waals surface area contributed by atoms with Gasteiger partial charge in [-0.25, -0.2) is 0 Å². The van der Waals surface area contributed by atoms with Crippen LogP contribution in [0, 0.1) is 0 Å². The van der Waals surface area contributed by atoms with Crippen molar-refractivity contribution in [2.24, 2.45) is 0 Å². The highest BCUT2D eigenvalue weighted by Crippen LogP contribution is 1.78. The number of rotatable bonds is 2. The van der Waals surface area contributed by atoms with Crippen molar-refractivity contribution in [3.8, 4) is 0 Å². The van der Waals surface area contributed by atoms with Gasteiger partial charge in [0.1, 0.15) is 0 Å². The molecule has 0 spiro atoms. The maximum absolute atomic E-state index is 9.98. The second-order valence-corrected chi connectivity index (χ2v) is 2.73. The fraction of sp³-hybridized carbons (Fsp3) is 0.400. The first-order valence-corrected chi connectivity index (χ1v) is 3.97. The Bertz CT molecular complexity index is 225. The third kappa shape index (κ3) is 22.4. The number of hydrogen-bond donors (Lipinski definition) is 0. The fourth-order valence-corrected chi connectivity index (χ4v) is 0.572. The molecule has 0 aromatic heterocycles. The predicted octanol–water partition coefficient (Wildman–Crippen LogP) is -0.321. The molecule has 0 bridgehead atoms. The normalized spacial score (nSPS) is 11.4. The topological polar surface area (TPSA) is 80.3 Å². The smallest absolute Gasteiger partial charge is 0.151 e. The van der Waals surface area contributed by atoms with Gasteiger partial charge < -0.3 is 10.2 Å². The van der Waals surface area contributed by atoms with E-state index in [9.17, 15) is 19.8 Å². The molecule has 0 saturated carbocycles. The highest BCUT2D eigenvalue weighted by atomic mass is 16.3. The summed E-state index contributed by atoms with van der Waals surface area (Å²) < 4.78 is 0. The van der Waals surface area contributed by atoms with E-state index < -0.39 is 0 Å². The van der Waals surface area contributed by atoms with Gasteiger partial charge in [0.2, 0.25) is 0 Å². The molecule has 0 aromatic carbocycles. The molecule has 0 aliphatic heterocycles. The van der Waals surface area contributed by atoms with Crippen molar-refractivity contribution in [2.75, 3.05) is 0 Å². The maximum Gasteiger partial charge on any atom is 0.151 e. The molecule has 0 unspecified atom stereocenters. The molecule has 80 valence electrons. The predicted molar refractivity (Wildman–Crippen MR) is 48.9 cm³/mol. The second kappa shape index (κ2) is 8.04. The van der Waals surface area contributed by atoms with Crippen LogP contribution in [0.4, 0.5) is 0 Å². The monoisotopic (exact) mass is 198 g/mol. The van der Waals surface area contributed by atoms with Gasteiger partial charge in [0, 0.05) is 0 Å². The summed E-state index contributed by atoms with van der Waals surface area (Å²) in [5, 5.41) is 20.0. The molecular formula is C10H14O4-2. The molecule has 0 aromatic rings. The summed E-state index contributed by atoms with van der Waals surface area (Å²) in [4.78, 5) is 20.0. The van der Waals surface area contributed by atoms with Gasteiger partial charge in [-0.15, -0.1) is 11.5 Å². The Kier molecular flexibility index (Phi) is 8.57. The Morgan fingerprint density at radius 2 is 1.00 bits per heavy atom. The van der Waals surface area contributed by atoms with Gasteiger partial charge in [-0.05, 0) is 26.0 Å². The summed E-state index contributed by atoms with van der Waals surface area (Å²) in [6.45, 7) is 5.39. The second-order valence-electron chi connectivity index (χ2n) is 2.73. The quantitative estimate of drug-likeness (QED) is 0.450. The van der Waals surface area contributed by atoms with Crippen LogP contribution in [-0.2, 0) is 9.59 Å². The van der Waals surface area contributed by atoms with E-state index in [0.29, 0.717) is 0 Å². The Hall–Kier alpha value is -1.58. The van der Waals surface area contributed by atoms with Crippen LogP contribution in [0.1, 0.15) is 27.7 Å². The molecule has 0 aliphatic carbocycles. The molecule has 0 radical (unpaired) electrons. The van der Waals surface area contributed by atoms with E-state index in [-0.39, 0.29) is 23.1 Å². The average molecular weight is 198 g/mol. The van der Waals surface area contributed by atoms with Crippen LogP contribution in [0.5, 0.6) is 0 Å². The lowest BCUT2D eigenvalue weighted by molar-refractivity contribution is -0.302. The molecule has 0 fully saturated rings. The Labute approximate surface area is 83.6 Å². The third-order valence-electron chi connectivity index (χ3n) is 0.813. The first kappa shape index (κ1) is 14.9. The lowest BCUT2D eigenvalue weighted by Gasteiger charge is -1.98.